The molecule has 2 aromatic rings. The van der Waals surface area contributed by atoms with E-state index < -0.39 is 26.3 Å². The van der Waals surface area contributed by atoms with Crippen molar-refractivity contribution >= 4 is 49.5 Å². The summed E-state index contributed by atoms with van der Waals surface area (Å²) in [6.07, 6.45) is 0.295. The maximum absolute atomic E-state index is 12.3. The van der Waals surface area contributed by atoms with Gasteiger partial charge in [-0.2, -0.15) is 10.2 Å². The number of amides is 3. The highest BCUT2D eigenvalue weighted by Crippen LogP contribution is 2.22. The van der Waals surface area contributed by atoms with Crippen LogP contribution in [-0.4, -0.2) is 58.7 Å². The molecule has 42 heavy (non-hydrogen) atoms. The van der Waals surface area contributed by atoms with Crippen molar-refractivity contribution in [2.45, 2.75) is 66.0 Å². The highest BCUT2D eigenvalue weighted by atomic mass is 28.4. The Morgan fingerprint density at radius 1 is 0.762 bits per heavy atom. The summed E-state index contributed by atoms with van der Waals surface area (Å²) >= 11 is 0. The van der Waals surface area contributed by atoms with Gasteiger partial charge in [0, 0.05) is 43.8 Å². The lowest BCUT2D eigenvalue weighted by molar-refractivity contribution is -0.155. The van der Waals surface area contributed by atoms with Gasteiger partial charge in [0.2, 0.25) is 5.91 Å². The first-order valence-electron chi connectivity index (χ1n) is 14.1. The van der Waals surface area contributed by atoms with E-state index in [1.54, 1.807) is 69.3 Å². The number of urea groups is 1. The Kier molecular flexibility index (Phi) is 14.3. The van der Waals surface area contributed by atoms with Crippen molar-refractivity contribution in [3.63, 3.8) is 0 Å². The summed E-state index contributed by atoms with van der Waals surface area (Å²) in [5.41, 5.74) is 1.66. The summed E-state index contributed by atoms with van der Waals surface area (Å²) in [4.78, 5) is 36.2. The van der Waals surface area contributed by atoms with Crippen LogP contribution in [0.15, 0.2) is 58.8 Å². The molecule has 2 rings (SSSR count). The van der Waals surface area contributed by atoms with Crippen molar-refractivity contribution < 1.29 is 32.4 Å². The minimum atomic E-state index is -2.73. The quantitative estimate of drug-likeness (QED) is 0.0669. The smallest absolute Gasteiger partial charge is 0.460 e. The van der Waals surface area contributed by atoms with Gasteiger partial charge in [0.05, 0.1) is 11.4 Å². The molecule has 0 saturated carbocycles. The molecule has 230 valence electrons. The zero-order valence-electron chi connectivity index (χ0n) is 25.3. The molecule has 0 atom stereocenters. The number of azo groups is 1. The van der Waals surface area contributed by atoms with E-state index >= 15 is 0 Å². The van der Waals surface area contributed by atoms with Gasteiger partial charge in [-0.05, 0) is 96.5 Å². The summed E-state index contributed by atoms with van der Waals surface area (Å²) in [6.45, 7) is 13.0. The molecular formula is C29H43N5O7Si. The summed E-state index contributed by atoms with van der Waals surface area (Å²) in [5.74, 6) is -1.05. The Labute approximate surface area is 248 Å². The minimum absolute atomic E-state index is 0.320. The predicted octanol–water partition coefficient (Wildman–Crippen LogP) is 6.33. The average Bonchev–Trinajstić information content (AvgIpc) is 2.91. The van der Waals surface area contributed by atoms with E-state index in [0.717, 1.165) is 0 Å². The van der Waals surface area contributed by atoms with Crippen LogP contribution < -0.4 is 16.0 Å². The van der Waals surface area contributed by atoms with Crippen LogP contribution in [0.3, 0.4) is 0 Å². The second-order valence-electron chi connectivity index (χ2n) is 10.1. The molecule has 0 fully saturated rings. The van der Waals surface area contributed by atoms with Gasteiger partial charge in [-0.1, -0.05) is 0 Å². The predicted molar refractivity (Wildman–Crippen MR) is 163 cm³/mol. The SMILES string of the molecule is CCO[Si](CCCNC(=O)Nc1ccc(N=Nc2ccc(NC(=O)CC(=O)OC(C)(C)C)cc2)cc1)(OCC)OCC. The first-order valence-corrected chi connectivity index (χ1v) is 16.0. The van der Waals surface area contributed by atoms with Crippen molar-refractivity contribution in [1.29, 1.82) is 0 Å². The van der Waals surface area contributed by atoms with Gasteiger partial charge in [0.1, 0.15) is 12.0 Å². The molecule has 2 aromatic carbocycles. The van der Waals surface area contributed by atoms with E-state index in [-0.39, 0.29) is 12.5 Å². The highest BCUT2D eigenvalue weighted by molar-refractivity contribution is 6.60. The fourth-order valence-corrected chi connectivity index (χ4v) is 6.35. The maximum Gasteiger partial charge on any atom is 0.500 e. The van der Waals surface area contributed by atoms with Crippen LogP contribution in [0, 0.1) is 0 Å². The van der Waals surface area contributed by atoms with Crippen molar-refractivity contribution in [2.75, 3.05) is 37.0 Å². The summed E-state index contributed by atoms with van der Waals surface area (Å²) in [5, 5.41) is 16.7. The standard InChI is InChI=1S/C29H43N5O7Si/c1-7-38-42(39-8-2,40-9-3)20-10-19-30-28(37)32-23-13-17-25(18-14-23)34-33-24-15-11-22(12-16-24)31-26(35)21-27(36)41-29(4,5)6/h11-18H,7-10,19-21H2,1-6H3,(H,31,35)(H2,30,32,37). The maximum atomic E-state index is 12.3. The molecule has 0 aliphatic carbocycles. The van der Waals surface area contributed by atoms with Gasteiger partial charge in [0.15, 0.2) is 0 Å². The molecule has 0 aliphatic heterocycles. The number of carbonyl (C=O) groups excluding carboxylic acids is 3. The minimum Gasteiger partial charge on any atom is -0.460 e. The number of anilines is 2. The van der Waals surface area contributed by atoms with E-state index in [1.807, 2.05) is 20.8 Å². The number of nitrogens with one attached hydrogen (secondary N) is 3. The Morgan fingerprint density at radius 2 is 1.24 bits per heavy atom. The van der Waals surface area contributed by atoms with Gasteiger partial charge < -0.3 is 34.0 Å². The van der Waals surface area contributed by atoms with E-state index in [4.69, 9.17) is 18.0 Å². The molecule has 0 aliphatic rings. The number of hydrogen-bond acceptors (Lipinski definition) is 9. The normalized spacial score (nSPS) is 11.8. The molecular weight excluding hydrogens is 558 g/mol. The first-order chi connectivity index (χ1) is 20.0. The average molecular weight is 602 g/mol. The number of ether oxygens (including phenoxy) is 1. The zero-order chi connectivity index (χ0) is 31.0. The van der Waals surface area contributed by atoms with Gasteiger partial charge in [-0.25, -0.2) is 4.79 Å². The molecule has 3 amide bonds. The molecule has 0 heterocycles. The van der Waals surface area contributed by atoms with E-state index in [1.165, 1.54) is 0 Å². The second-order valence-corrected chi connectivity index (χ2v) is 12.8. The fourth-order valence-electron chi connectivity index (χ4n) is 3.74. The van der Waals surface area contributed by atoms with Crippen molar-refractivity contribution in [3.8, 4) is 0 Å². The molecule has 0 bridgehead atoms. The number of esters is 1. The largest absolute Gasteiger partial charge is 0.500 e. The van der Waals surface area contributed by atoms with Crippen LogP contribution >= 0.6 is 0 Å². The van der Waals surface area contributed by atoms with E-state index in [9.17, 15) is 14.4 Å². The zero-order valence-corrected chi connectivity index (χ0v) is 26.3. The third-order valence-electron chi connectivity index (χ3n) is 5.32. The molecule has 0 aromatic heterocycles. The van der Waals surface area contributed by atoms with Crippen molar-refractivity contribution in [1.82, 2.24) is 5.32 Å². The van der Waals surface area contributed by atoms with Gasteiger partial charge in [-0.15, -0.1) is 0 Å². The fraction of sp³-hybridized carbons (Fsp3) is 0.483. The lowest BCUT2D eigenvalue weighted by Gasteiger charge is -2.28. The molecule has 0 unspecified atom stereocenters. The third-order valence-corrected chi connectivity index (χ3v) is 8.47. The Balaban J connectivity index is 1.79. The Morgan fingerprint density at radius 3 is 1.69 bits per heavy atom. The van der Waals surface area contributed by atoms with Crippen LogP contribution in [-0.2, 0) is 27.6 Å². The first kappa shape index (κ1) is 34.5. The summed E-state index contributed by atoms with van der Waals surface area (Å²) in [6, 6.07) is 13.9. The lowest BCUT2D eigenvalue weighted by Crippen LogP contribution is -2.46. The third kappa shape index (κ3) is 13.3. The van der Waals surface area contributed by atoms with Gasteiger partial charge in [-0.3, -0.25) is 9.59 Å². The number of rotatable bonds is 16. The molecule has 0 saturated heterocycles. The van der Waals surface area contributed by atoms with Crippen LogP contribution in [0.1, 0.15) is 54.4 Å². The molecule has 3 N–H and O–H groups in total. The van der Waals surface area contributed by atoms with Crippen LogP contribution in [0.25, 0.3) is 0 Å². The van der Waals surface area contributed by atoms with Crippen LogP contribution in [0.5, 0.6) is 0 Å². The molecule has 12 nitrogen and oxygen atoms in total. The molecule has 0 radical (unpaired) electrons. The Bertz CT molecular complexity index is 1150. The topological polar surface area (TPSA) is 149 Å². The number of benzene rings is 2. The highest BCUT2D eigenvalue weighted by Gasteiger charge is 2.39. The molecule has 13 heteroatoms. The number of hydrogen-bond donors (Lipinski definition) is 3. The lowest BCUT2D eigenvalue weighted by atomic mass is 10.2. The second kappa shape index (κ2) is 17.3. The van der Waals surface area contributed by atoms with Crippen LogP contribution in [0.4, 0.5) is 27.5 Å². The summed E-state index contributed by atoms with van der Waals surface area (Å²) < 4.78 is 22.7. The van der Waals surface area contributed by atoms with Gasteiger partial charge >= 0.3 is 20.8 Å². The summed E-state index contributed by atoms with van der Waals surface area (Å²) in [7, 11) is -2.73. The van der Waals surface area contributed by atoms with Crippen molar-refractivity contribution in [2.24, 2.45) is 10.2 Å². The van der Waals surface area contributed by atoms with E-state index in [2.05, 4.69) is 26.2 Å². The van der Waals surface area contributed by atoms with E-state index in [0.29, 0.717) is 61.6 Å². The van der Waals surface area contributed by atoms with Crippen molar-refractivity contribution in [3.05, 3.63) is 48.5 Å². The molecule has 0 spiro atoms. The monoisotopic (exact) mass is 601 g/mol. The van der Waals surface area contributed by atoms with Gasteiger partial charge in [0.25, 0.3) is 0 Å². The number of carbonyl (C=O) groups is 3. The number of nitrogens with zero attached hydrogens (tertiary/aromatic N) is 2. The van der Waals surface area contributed by atoms with Crippen LogP contribution in [0.2, 0.25) is 6.04 Å². The Hall–Kier alpha value is -3.65.